The summed E-state index contributed by atoms with van der Waals surface area (Å²) in [7, 11) is 3.86. The smallest absolute Gasteiger partial charge is 0.193 e. The minimum Gasteiger partial charge on any atom is -0.373 e. The summed E-state index contributed by atoms with van der Waals surface area (Å²) in [6.45, 7) is 4.41. The second kappa shape index (κ2) is 12.2. The molecule has 0 aliphatic carbocycles. The van der Waals surface area contributed by atoms with Crippen molar-refractivity contribution in [2.24, 2.45) is 10.9 Å². The third-order valence-electron chi connectivity index (χ3n) is 6.05. The van der Waals surface area contributed by atoms with Gasteiger partial charge in [-0.05, 0) is 30.9 Å². The average Bonchev–Trinajstić information content (AvgIpc) is 3.29. The van der Waals surface area contributed by atoms with Gasteiger partial charge in [0.2, 0.25) is 0 Å². The summed E-state index contributed by atoms with van der Waals surface area (Å²) in [5.74, 6) is 2.17. The number of H-pyrrole nitrogens is 1. The average molecular weight is 559 g/mol. The number of aryl methyl sites for hydroxylation is 1. The van der Waals surface area contributed by atoms with Crippen molar-refractivity contribution in [2.75, 3.05) is 27.2 Å². The molecule has 3 aromatic rings. The van der Waals surface area contributed by atoms with Gasteiger partial charge in [0.05, 0.1) is 24.5 Å². The van der Waals surface area contributed by atoms with Crippen LogP contribution >= 0.6 is 24.0 Å². The molecule has 1 fully saturated rings. The van der Waals surface area contributed by atoms with Crippen LogP contribution in [0.4, 0.5) is 0 Å². The maximum Gasteiger partial charge on any atom is 0.193 e. The van der Waals surface area contributed by atoms with Crippen LogP contribution in [0.5, 0.6) is 0 Å². The van der Waals surface area contributed by atoms with Crippen LogP contribution in [0.3, 0.4) is 0 Å². The van der Waals surface area contributed by atoms with Gasteiger partial charge in [0.25, 0.3) is 0 Å². The van der Waals surface area contributed by atoms with E-state index in [1.165, 1.54) is 11.1 Å². The lowest BCUT2D eigenvalue weighted by Crippen LogP contribution is -2.42. The van der Waals surface area contributed by atoms with E-state index in [1.807, 2.05) is 38.5 Å². The molecule has 1 aromatic heterocycles. The van der Waals surface area contributed by atoms with Gasteiger partial charge in [-0.2, -0.15) is 0 Å². The van der Waals surface area contributed by atoms with E-state index in [2.05, 4.69) is 68.5 Å². The molecule has 176 valence electrons. The van der Waals surface area contributed by atoms with Crippen LogP contribution in [-0.2, 0) is 11.3 Å². The highest BCUT2D eigenvalue weighted by molar-refractivity contribution is 14.0. The molecule has 2 N–H and O–H groups in total. The molecule has 2 atom stereocenters. The van der Waals surface area contributed by atoms with Gasteiger partial charge in [0.1, 0.15) is 5.82 Å². The monoisotopic (exact) mass is 559 g/mol. The number of aliphatic imine (C=N–C) groups is 1. The summed E-state index contributed by atoms with van der Waals surface area (Å²) >= 11 is 0. The molecule has 0 spiro atoms. The highest BCUT2D eigenvalue weighted by Crippen LogP contribution is 2.33. The number of rotatable bonds is 6. The molecular formula is C26H34IN5O. The van der Waals surface area contributed by atoms with Crippen molar-refractivity contribution in [1.29, 1.82) is 0 Å². The number of aromatic amines is 1. The van der Waals surface area contributed by atoms with Gasteiger partial charge in [0, 0.05) is 33.2 Å². The van der Waals surface area contributed by atoms with Crippen LogP contribution < -0.4 is 5.32 Å². The van der Waals surface area contributed by atoms with Gasteiger partial charge in [-0.1, -0.05) is 60.2 Å². The predicted molar refractivity (Wildman–Crippen MR) is 145 cm³/mol. The zero-order valence-corrected chi connectivity index (χ0v) is 22.0. The lowest BCUT2D eigenvalue weighted by molar-refractivity contribution is -0.0266. The van der Waals surface area contributed by atoms with E-state index in [4.69, 9.17) is 4.74 Å². The number of guanidine groups is 1. The maximum absolute atomic E-state index is 6.17. The SMILES string of the molecule is CN=C(NCC1CCCOC1c1ccc(C)cc1)N(C)Cc1ncc(-c2ccccc2)[nH]1.I. The number of imidazole rings is 1. The maximum atomic E-state index is 6.17. The molecule has 2 heterocycles. The summed E-state index contributed by atoms with van der Waals surface area (Å²) in [6.07, 6.45) is 4.25. The third kappa shape index (κ3) is 6.57. The molecule has 1 aliphatic rings. The zero-order chi connectivity index (χ0) is 22.3. The largest absolute Gasteiger partial charge is 0.373 e. The molecule has 7 heteroatoms. The van der Waals surface area contributed by atoms with E-state index in [1.54, 1.807) is 0 Å². The molecule has 4 rings (SSSR count). The Hall–Kier alpha value is -2.39. The Balaban J connectivity index is 0.00000306. The van der Waals surface area contributed by atoms with Crippen molar-refractivity contribution in [2.45, 2.75) is 32.4 Å². The second-order valence-electron chi connectivity index (χ2n) is 8.50. The Kier molecular flexibility index (Phi) is 9.31. The highest BCUT2D eigenvalue weighted by Gasteiger charge is 2.27. The molecule has 0 amide bonds. The number of aromatic nitrogens is 2. The fourth-order valence-electron chi connectivity index (χ4n) is 4.29. The summed E-state index contributed by atoms with van der Waals surface area (Å²) in [5.41, 5.74) is 4.69. The number of hydrogen-bond acceptors (Lipinski definition) is 3. The van der Waals surface area contributed by atoms with Gasteiger partial charge >= 0.3 is 0 Å². The second-order valence-corrected chi connectivity index (χ2v) is 8.50. The van der Waals surface area contributed by atoms with E-state index in [0.29, 0.717) is 12.5 Å². The highest BCUT2D eigenvalue weighted by atomic mass is 127. The number of hydrogen-bond donors (Lipinski definition) is 2. The van der Waals surface area contributed by atoms with E-state index in [9.17, 15) is 0 Å². The Bertz CT molecular complexity index is 1020. The van der Waals surface area contributed by atoms with Gasteiger partial charge in [-0.3, -0.25) is 4.99 Å². The number of nitrogens with zero attached hydrogens (tertiary/aromatic N) is 3. The normalized spacial score (nSPS) is 18.5. The zero-order valence-electron chi connectivity index (χ0n) is 19.6. The quantitative estimate of drug-likeness (QED) is 0.248. The van der Waals surface area contributed by atoms with E-state index >= 15 is 0 Å². The van der Waals surface area contributed by atoms with Gasteiger partial charge in [-0.25, -0.2) is 4.98 Å². The summed E-state index contributed by atoms with van der Waals surface area (Å²) in [6, 6.07) is 19.0. The predicted octanol–water partition coefficient (Wildman–Crippen LogP) is 5.18. The van der Waals surface area contributed by atoms with Crippen molar-refractivity contribution < 1.29 is 4.74 Å². The number of benzene rings is 2. The molecule has 0 bridgehead atoms. The van der Waals surface area contributed by atoms with Crippen molar-refractivity contribution in [3.8, 4) is 11.3 Å². The Morgan fingerprint density at radius 1 is 1.18 bits per heavy atom. The van der Waals surface area contributed by atoms with Crippen LogP contribution in [0.1, 0.15) is 35.9 Å². The summed E-state index contributed by atoms with van der Waals surface area (Å²) in [4.78, 5) is 14.6. The lowest BCUT2D eigenvalue weighted by atomic mass is 9.89. The summed E-state index contributed by atoms with van der Waals surface area (Å²) < 4.78 is 6.17. The molecule has 1 saturated heterocycles. The first-order valence-electron chi connectivity index (χ1n) is 11.3. The first kappa shape index (κ1) is 25.2. The standard InChI is InChI=1S/C26H33N5O.HI/c1-19-11-13-21(14-12-19)25-22(10-7-15-32-25)16-29-26(27-2)31(3)18-24-28-17-23(30-24)20-8-5-4-6-9-20;/h4-6,8-9,11-14,17,22,25H,7,10,15-16,18H2,1-3H3,(H,27,29)(H,28,30);1H. The summed E-state index contributed by atoms with van der Waals surface area (Å²) in [5, 5.41) is 3.56. The third-order valence-corrected chi connectivity index (χ3v) is 6.05. The molecule has 2 unspecified atom stereocenters. The van der Waals surface area contributed by atoms with Crippen LogP contribution in [0.25, 0.3) is 11.3 Å². The van der Waals surface area contributed by atoms with Crippen molar-refractivity contribution in [3.63, 3.8) is 0 Å². The fourth-order valence-corrected chi connectivity index (χ4v) is 4.29. The van der Waals surface area contributed by atoms with Gasteiger partial charge < -0.3 is 19.9 Å². The van der Waals surface area contributed by atoms with E-state index < -0.39 is 0 Å². The molecule has 6 nitrogen and oxygen atoms in total. The first-order chi connectivity index (χ1) is 15.6. The van der Waals surface area contributed by atoms with Crippen LogP contribution in [0, 0.1) is 12.8 Å². The van der Waals surface area contributed by atoms with Crippen molar-refractivity contribution in [1.82, 2.24) is 20.2 Å². The molecule has 33 heavy (non-hydrogen) atoms. The first-order valence-corrected chi connectivity index (χ1v) is 11.3. The molecule has 0 saturated carbocycles. The number of nitrogens with one attached hydrogen (secondary N) is 2. The Morgan fingerprint density at radius 3 is 2.67 bits per heavy atom. The van der Waals surface area contributed by atoms with Crippen LogP contribution in [0.15, 0.2) is 65.8 Å². The lowest BCUT2D eigenvalue weighted by Gasteiger charge is -2.33. The minimum atomic E-state index is 0. The molecule has 2 aromatic carbocycles. The van der Waals surface area contributed by atoms with Crippen LogP contribution in [-0.4, -0.2) is 48.1 Å². The van der Waals surface area contributed by atoms with Gasteiger partial charge in [0.15, 0.2) is 5.96 Å². The number of halogens is 1. The number of ether oxygens (including phenoxy) is 1. The Morgan fingerprint density at radius 2 is 1.94 bits per heavy atom. The van der Waals surface area contributed by atoms with E-state index in [0.717, 1.165) is 49.0 Å². The van der Waals surface area contributed by atoms with Crippen LogP contribution in [0.2, 0.25) is 0 Å². The molecular weight excluding hydrogens is 525 g/mol. The minimum absolute atomic E-state index is 0. The van der Waals surface area contributed by atoms with Crippen molar-refractivity contribution in [3.05, 3.63) is 77.7 Å². The van der Waals surface area contributed by atoms with E-state index in [-0.39, 0.29) is 30.1 Å². The molecule has 1 aliphatic heterocycles. The van der Waals surface area contributed by atoms with Gasteiger partial charge in [-0.15, -0.1) is 24.0 Å². The topological polar surface area (TPSA) is 65.5 Å². The van der Waals surface area contributed by atoms with Crippen molar-refractivity contribution >= 4 is 29.9 Å². The molecule has 0 radical (unpaired) electrons. The fraction of sp³-hybridized carbons (Fsp3) is 0.385. The Labute approximate surface area is 213 Å².